The van der Waals surface area contributed by atoms with Gasteiger partial charge >= 0.3 is 11.9 Å². The van der Waals surface area contributed by atoms with E-state index in [4.69, 9.17) is 9.47 Å². The van der Waals surface area contributed by atoms with Crippen molar-refractivity contribution in [1.29, 1.82) is 0 Å². The normalized spacial score (nSPS) is 22.4. The molecule has 128 valence electrons. The van der Waals surface area contributed by atoms with Crippen molar-refractivity contribution in [1.82, 2.24) is 0 Å². The maximum atomic E-state index is 11.4. The molecule has 22 heavy (non-hydrogen) atoms. The van der Waals surface area contributed by atoms with Crippen molar-refractivity contribution in [3.05, 3.63) is 0 Å². The van der Waals surface area contributed by atoms with E-state index in [0.29, 0.717) is 13.2 Å². The highest BCUT2D eigenvalue weighted by Gasteiger charge is 2.16. The fraction of sp³-hybridized carbons (Fsp3) is 0.889. The van der Waals surface area contributed by atoms with Gasteiger partial charge in [0.1, 0.15) is 0 Å². The summed E-state index contributed by atoms with van der Waals surface area (Å²) in [5, 5.41) is 0. The topological polar surface area (TPSA) is 52.6 Å². The van der Waals surface area contributed by atoms with E-state index in [9.17, 15) is 9.59 Å². The third kappa shape index (κ3) is 10.6. The van der Waals surface area contributed by atoms with Gasteiger partial charge in [-0.3, -0.25) is 0 Å². The number of cyclic esters (lactones) is 2. The molecule has 1 fully saturated rings. The molecule has 4 nitrogen and oxygen atoms in total. The Hall–Kier alpha value is -1.06. The fourth-order valence-electron chi connectivity index (χ4n) is 2.77. The summed E-state index contributed by atoms with van der Waals surface area (Å²) in [6.07, 6.45) is 16.7. The predicted molar refractivity (Wildman–Crippen MR) is 86.6 cm³/mol. The zero-order valence-corrected chi connectivity index (χ0v) is 13.9. The van der Waals surface area contributed by atoms with Gasteiger partial charge in [0.2, 0.25) is 0 Å². The van der Waals surface area contributed by atoms with E-state index < -0.39 is 11.9 Å². The van der Waals surface area contributed by atoms with E-state index in [2.05, 4.69) is 0 Å². The molecule has 0 saturated carbocycles. The maximum absolute atomic E-state index is 11.4. The molecule has 1 aliphatic heterocycles. The van der Waals surface area contributed by atoms with Gasteiger partial charge < -0.3 is 9.47 Å². The quantitative estimate of drug-likeness (QED) is 0.486. The molecule has 0 aromatic heterocycles. The molecule has 1 aliphatic rings. The number of carbonyl (C=O) groups is 2. The van der Waals surface area contributed by atoms with E-state index in [1.54, 1.807) is 0 Å². The summed E-state index contributed by atoms with van der Waals surface area (Å²) in [6, 6.07) is 0. The van der Waals surface area contributed by atoms with Crippen molar-refractivity contribution < 1.29 is 19.1 Å². The number of esters is 2. The van der Waals surface area contributed by atoms with E-state index in [0.717, 1.165) is 25.7 Å². The highest BCUT2D eigenvalue weighted by molar-refractivity contribution is 6.29. The molecule has 1 rings (SSSR count). The van der Waals surface area contributed by atoms with Gasteiger partial charge in [-0.05, 0) is 12.8 Å². The molecule has 0 aromatic carbocycles. The van der Waals surface area contributed by atoms with Crippen LogP contribution in [0, 0.1) is 0 Å². The minimum absolute atomic E-state index is 0.327. The maximum Gasteiger partial charge on any atom is 0.417 e. The highest BCUT2D eigenvalue weighted by atomic mass is 16.6. The van der Waals surface area contributed by atoms with E-state index in [1.807, 2.05) is 0 Å². The largest absolute Gasteiger partial charge is 0.457 e. The van der Waals surface area contributed by atoms with Gasteiger partial charge in [-0.15, -0.1) is 0 Å². The summed E-state index contributed by atoms with van der Waals surface area (Å²) in [7, 11) is 0. The first kappa shape index (κ1) is 19.0. The standard InChI is InChI=1S/C18H32O4/c19-17-18(20)22-16-14-12-10-8-6-4-2-1-3-5-7-9-11-13-15-21-17/h1-16H2. The number of hydrogen-bond acceptors (Lipinski definition) is 4. The Morgan fingerprint density at radius 3 is 0.909 bits per heavy atom. The van der Waals surface area contributed by atoms with E-state index in [1.165, 1.54) is 64.2 Å². The first-order valence-corrected chi connectivity index (χ1v) is 9.14. The minimum Gasteiger partial charge on any atom is -0.457 e. The van der Waals surface area contributed by atoms with Gasteiger partial charge in [-0.25, -0.2) is 9.59 Å². The molecule has 0 aromatic rings. The van der Waals surface area contributed by atoms with Gasteiger partial charge in [0.25, 0.3) is 0 Å². The van der Waals surface area contributed by atoms with Crippen LogP contribution in [0.15, 0.2) is 0 Å². The molecule has 0 amide bonds. The molecule has 0 unspecified atom stereocenters. The Morgan fingerprint density at radius 1 is 0.409 bits per heavy atom. The van der Waals surface area contributed by atoms with Crippen molar-refractivity contribution in [2.75, 3.05) is 13.2 Å². The van der Waals surface area contributed by atoms with Gasteiger partial charge in [0, 0.05) is 0 Å². The lowest BCUT2D eigenvalue weighted by atomic mass is 10.0. The zero-order chi connectivity index (χ0) is 15.9. The average molecular weight is 312 g/mol. The molecule has 0 atom stereocenters. The monoisotopic (exact) mass is 312 g/mol. The molecular formula is C18H32O4. The molecular weight excluding hydrogens is 280 g/mol. The lowest BCUT2D eigenvalue weighted by Crippen LogP contribution is -2.21. The molecule has 1 saturated heterocycles. The minimum atomic E-state index is -0.839. The smallest absolute Gasteiger partial charge is 0.417 e. The summed E-state index contributed by atoms with van der Waals surface area (Å²) < 4.78 is 9.85. The first-order valence-electron chi connectivity index (χ1n) is 9.14. The van der Waals surface area contributed by atoms with Crippen molar-refractivity contribution in [2.24, 2.45) is 0 Å². The number of hydrogen-bond donors (Lipinski definition) is 0. The van der Waals surface area contributed by atoms with Crippen LogP contribution in [0.3, 0.4) is 0 Å². The van der Waals surface area contributed by atoms with E-state index >= 15 is 0 Å². The Labute approximate surface area is 134 Å². The summed E-state index contributed by atoms with van der Waals surface area (Å²) in [6.45, 7) is 0.655. The fourth-order valence-corrected chi connectivity index (χ4v) is 2.77. The third-order valence-corrected chi connectivity index (χ3v) is 4.17. The van der Waals surface area contributed by atoms with Crippen molar-refractivity contribution >= 4 is 11.9 Å². The number of rotatable bonds is 0. The van der Waals surface area contributed by atoms with Crippen LogP contribution in [-0.4, -0.2) is 25.2 Å². The molecule has 4 heteroatoms. The summed E-state index contributed by atoms with van der Waals surface area (Å²) >= 11 is 0. The Balaban J connectivity index is 2.19. The second-order valence-electron chi connectivity index (χ2n) is 6.22. The van der Waals surface area contributed by atoms with Gasteiger partial charge in [-0.1, -0.05) is 77.0 Å². The number of carbonyl (C=O) groups excluding carboxylic acids is 2. The van der Waals surface area contributed by atoms with Crippen molar-refractivity contribution in [3.63, 3.8) is 0 Å². The second kappa shape index (κ2) is 13.6. The lowest BCUT2D eigenvalue weighted by Gasteiger charge is -2.07. The summed E-state index contributed by atoms with van der Waals surface area (Å²) in [4.78, 5) is 22.8. The van der Waals surface area contributed by atoms with Crippen LogP contribution in [0.5, 0.6) is 0 Å². The van der Waals surface area contributed by atoms with Crippen molar-refractivity contribution in [2.45, 2.75) is 89.9 Å². The van der Waals surface area contributed by atoms with Crippen LogP contribution in [0.25, 0.3) is 0 Å². The summed E-state index contributed by atoms with van der Waals surface area (Å²) in [5.41, 5.74) is 0. The van der Waals surface area contributed by atoms with Crippen LogP contribution in [-0.2, 0) is 19.1 Å². The Bertz CT molecular complexity index is 271. The first-order chi connectivity index (χ1) is 10.8. The molecule has 1 heterocycles. The summed E-state index contributed by atoms with van der Waals surface area (Å²) in [5.74, 6) is -1.68. The molecule has 0 bridgehead atoms. The Morgan fingerprint density at radius 2 is 0.636 bits per heavy atom. The van der Waals surface area contributed by atoms with Crippen LogP contribution >= 0.6 is 0 Å². The Kier molecular flexibility index (Phi) is 11.7. The number of ether oxygens (including phenoxy) is 2. The van der Waals surface area contributed by atoms with Gasteiger partial charge in [0.05, 0.1) is 13.2 Å². The predicted octanol–water partition coefficient (Wildman–Crippen LogP) is 4.55. The molecule has 0 N–H and O–H groups in total. The molecule has 0 radical (unpaired) electrons. The van der Waals surface area contributed by atoms with Gasteiger partial charge in [-0.2, -0.15) is 0 Å². The average Bonchev–Trinajstić information content (AvgIpc) is 2.52. The molecule has 0 aliphatic carbocycles. The third-order valence-electron chi connectivity index (χ3n) is 4.17. The second-order valence-corrected chi connectivity index (χ2v) is 6.22. The highest BCUT2D eigenvalue weighted by Crippen LogP contribution is 2.13. The van der Waals surface area contributed by atoms with Crippen LogP contribution in [0.2, 0.25) is 0 Å². The van der Waals surface area contributed by atoms with Crippen molar-refractivity contribution in [3.8, 4) is 0 Å². The van der Waals surface area contributed by atoms with Gasteiger partial charge in [0.15, 0.2) is 0 Å². The molecule has 0 spiro atoms. The zero-order valence-electron chi connectivity index (χ0n) is 13.9. The van der Waals surface area contributed by atoms with E-state index in [-0.39, 0.29) is 0 Å². The van der Waals surface area contributed by atoms with Crippen LogP contribution in [0.4, 0.5) is 0 Å². The van der Waals surface area contributed by atoms with Crippen LogP contribution in [0.1, 0.15) is 89.9 Å². The van der Waals surface area contributed by atoms with Crippen LogP contribution < -0.4 is 0 Å². The SMILES string of the molecule is O=C1OCCCCCCCCCCCCCCCCOC1=O. The lowest BCUT2D eigenvalue weighted by molar-refractivity contribution is -0.167.